The van der Waals surface area contributed by atoms with Crippen molar-refractivity contribution in [3.05, 3.63) is 35.6 Å². The number of nitrogens with two attached hydrogens (primary N) is 1. The molecule has 0 saturated carbocycles. The number of fused-ring (bicyclic) bond motifs is 1. The zero-order valence-corrected chi connectivity index (χ0v) is 10.3. The zero-order chi connectivity index (χ0) is 11.5. The van der Waals surface area contributed by atoms with E-state index < -0.39 is 0 Å². The van der Waals surface area contributed by atoms with Gasteiger partial charge in [-0.2, -0.15) is 0 Å². The van der Waals surface area contributed by atoms with Crippen molar-refractivity contribution in [3.8, 4) is 0 Å². The van der Waals surface area contributed by atoms with E-state index in [1.165, 1.54) is 31.5 Å². The maximum atomic E-state index is 5.71. The summed E-state index contributed by atoms with van der Waals surface area (Å²) in [4.78, 5) is 2.59. The Morgan fingerprint density at radius 1 is 1.62 bits per heavy atom. The van der Waals surface area contributed by atoms with Gasteiger partial charge in [0.05, 0.1) is 0 Å². The molecule has 0 aromatic heterocycles. The lowest BCUT2D eigenvalue weighted by atomic mass is 9.91. The van der Waals surface area contributed by atoms with Crippen LogP contribution in [0.1, 0.15) is 26.7 Å². The van der Waals surface area contributed by atoms with Gasteiger partial charge in [0, 0.05) is 11.7 Å². The molecule has 2 atom stereocenters. The fourth-order valence-electron chi connectivity index (χ4n) is 2.77. The largest absolute Gasteiger partial charge is 0.402 e. The Hall–Kier alpha value is -1.02. The first-order chi connectivity index (χ1) is 7.70. The van der Waals surface area contributed by atoms with E-state index in [1.54, 1.807) is 0 Å². The zero-order valence-electron chi connectivity index (χ0n) is 10.3. The molecule has 0 radical (unpaired) electrons. The van der Waals surface area contributed by atoms with Crippen LogP contribution in [0.25, 0.3) is 0 Å². The lowest BCUT2D eigenvalue weighted by Gasteiger charge is -2.26. The second-order valence-electron chi connectivity index (χ2n) is 4.89. The van der Waals surface area contributed by atoms with Crippen molar-refractivity contribution in [2.45, 2.75) is 32.7 Å². The van der Waals surface area contributed by atoms with Crippen LogP contribution in [-0.4, -0.2) is 24.0 Å². The van der Waals surface area contributed by atoms with Gasteiger partial charge in [0.25, 0.3) is 0 Å². The fourth-order valence-corrected chi connectivity index (χ4v) is 2.77. The van der Waals surface area contributed by atoms with Gasteiger partial charge in [-0.3, -0.25) is 4.90 Å². The van der Waals surface area contributed by atoms with Gasteiger partial charge in [0.1, 0.15) is 0 Å². The van der Waals surface area contributed by atoms with Gasteiger partial charge in [0.2, 0.25) is 0 Å². The van der Waals surface area contributed by atoms with Crippen LogP contribution in [0.15, 0.2) is 35.6 Å². The lowest BCUT2D eigenvalue weighted by molar-refractivity contribution is 0.277. The summed E-state index contributed by atoms with van der Waals surface area (Å²) in [6, 6.07) is 0.634. The highest BCUT2D eigenvalue weighted by molar-refractivity contribution is 5.38. The third-order valence-corrected chi connectivity index (χ3v) is 3.41. The Kier molecular flexibility index (Phi) is 3.49. The van der Waals surface area contributed by atoms with Crippen molar-refractivity contribution >= 4 is 0 Å². The number of nitrogens with zero attached hydrogens (tertiary/aromatic N) is 1. The van der Waals surface area contributed by atoms with Gasteiger partial charge in [-0.15, -0.1) is 0 Å². The number of hydrogen-bond acceptors (Lipinski definition) is 2. The summed E-state index contributed by atoms with van der Waals surface area (Å²) in [7, 11) is 0. The number of likely N-dealkylation sites (tertiary alicyclic amines) is 1. The molecule has 1 aliphatic carbocycles. The summed E-state index contributed by atoms with van der Waals surface area (Å²) in [5.41, 5.74) is 7.88. The van der Waals surface area contributed by atoms with Crippen LogP contribution in [0, 0.1) is 5.92 Å². The molecule has 0 amide bonds. The summed E-state index contributed by atoms with van der Waals surface area (Å²) >= 11 is 0. The average molecular weight is 218 g/mol. The van der Waals surface area contributed by atoms with E-state index in [0.29, 0.717) is 12.0 Å². The minimum Gasteiger partial charge on any atom is -0.402 e. The lowest BCUT2D eigenvalue weighted by Crippen LogP contribution is -2.32. The molecule has 0 bridgehead atoms. The van der Waals surface area contributed by atoms with Crippen LogP contribution in [0.2, 0.25) is 0 Å². The van der Waals surface area contributed by atoms with Crippen LogP contribution in [-0.2, 0) is 0 Å². The van der Waals surface area contributed by atoms with Gasteiger partial charge in [-0.1, -0.05) is 25.2 Å². The third-order valence-electron chi connectivity index (χ3n) is 3.41. The quantitative estimate of drug-likeness (QED) is 0.788. The van der Waals surface area contributed by atoms with Crippen LogP contribution >= 0.6 is 0 Å². The molecule has 1 fully saturated rings. The van der Waals surface area contributed by atoms with Crippen LogP contribution in [0.5, 0.6) is 0 Å². The Labute approximate surface area is 98.5 Å². The monoisotopic (exact) mass is 218 g/mol. The molecule has 2 N–H and O–H groups in total. The van der Waals surface area contributed by atoms with Gasteiger partial charge >= 0.3 is 0 Å². The molecular weight excluding hydrogens is 196 g/mol. The Balaban J connectivity index is 2.07. The topological polar surface area (TPSA) is 29.3 Å². The van der Waals surface area contributed by atoms with Gasteiger partial charge in [-0.25, -0.2) is 0 Å². The molecule has 1 saturated heterocycles. The summed E-state index contributed by atoms with van der Waals surface area (Å²) in [5, 5.41) is 0. The number of allylic oxidation sites excluding steroid dienone is 4. The maximum absolute atomic E-state index is 5.71. The summed E-state index contributed by atoms with van der Waals surface area (Å²) in [6.07, 6.45) is 11.5. The van der Waals surface area contributed by atoms with Crippen LogP contribution < -0.4 is 5.73 Å². The molecular formula is C14H22N2. The van der Waals surface area contributed by atoms with Crippen molar-refractivity contribution in [2.75, 3.05) is 13.1 Å². The van der Waals surface area contributed by atoms with Gasteiger partial charge in [-0.05, 0) is 50.4 Å². The molecule has 2 unspecified atom stereocenters. The van der Waals surface area contributed by atoms with E-state index in [9.17, 15) is 0 Å². The molecule has 1 heterocycles. The average Bonchev–Trinajstić information content (AvgIpc) is 2.61. The fraction of sp³-hybridized carbons (Fsp3) is 0.571. The minimum absolute atomic E-state index is 0.634. The van der Waals surface area contributed by atoms with Crippen molar-refractivity contribution in [3.63, 3.8) is 0 Å². The summed E-state index contributed by atoms with van der Waals surface area (Å²) in [5.74, 6) is 0.696. The SMILES string of the molecule is CCCN1CCC2C=C(/C=C(\C)N)C=CC21. The van der Waals surface area contributed by atoms with Crippen molar-refractivity contribution < 1.29 is 0 Å². The normalized spacial score (nSPS) is 30.4. The van der Waals surface area contributed by atoms with Crippen molar-refractivity contribution in [1.82, 2.24) is 4.90 Å². The predicted molar refractivity (Wildman–Crippen MR) is 68.9 cm³/mol. The van der Waals surface area contributed by atoms with Gasteiger partial charge in [0.15, 0.2) is 0 Å². The second kappa shape index (κ2) is 4.88. The second-order valence-corrected chi connectivity index (χ2v) is 4.89. The first-order valence-corrected chi connectivity index (χ1v) is 6.28. The van der Waals surface area contributed by atoms with E-state index in [0.717, 1.165) is 5.70 Å². The molecule has 88 valence electrons. The van der Waals surface area contributed by atoms with E-state index in [2.05, 4.69) is 36.1 Å². The number of rotatable bonds is 3. The van der Waals surface area contributed by atoms with Crippen LogP contribution in [0.3, 0.4) is 0 Å². The number of hydrogen-bond donors (Lipinski definition) is 1. The van der Waals surface area contributed by atoms with Crippen molar-refractivity contribution in [2.24, 2.45) is 11.7 Å². The predicted octanol–water partition coefficient (Wildman–Crippen LogP) is 2.45. The molecule has 2 heteroatoms. The molecule has 0 aromatic carbocycles. The standard InChI is InChI=1S/C14H22N2/c1-3-7-16-8-6-13-10-12(9-11(2)15)4-5-14(13)16/h4-5,9-10,13-14H,3,6-8,15H2,1-2H3/b11-9+. The van der Waals surface area contributed by atoms with E-state index in [-0.39, 0.29) is 0 Å². The Morgan fingerprint density at radius 2 is 2.44 bits per heavy atom. The molecule has 0 spiro atoms. The maximum Gasteiger partial charge on any atom is 0.0345 e. The van der Waals surface area contributed by atoms with E-state index >= 15 is 0 Å². The first kappa shape index (κ1) is 11.5. The highest BCUT2D eigenvalue weighted by Crippen LogP contribution is 2.31. The smallest absolute Gasteiger partial charge is 0.0345 e. The molecule has 0 aromatic rings. The molecule has 2 aliphatic rings. The molecule has 16 heavy (non-hydrogen) atoms. The highest BCUT2D eigenvalue weighted by Gasteiger charge is 2.31. The summed E-state index contributed by atoms with van der Waals surface area (Å²) in [6.45, 7) is 6.66. The molecule has 2 nitrogen and oxygen atoms in total. The van der Waals surface area contributed by atoms with Crippen molar-refractivity contribution in [1.29, 1.82) is 0 Å². The molecule has 1 aliphatic heterocycles. The van der Waals surface area contributed by atoms with E-state index in [1.807, 2.05) is 6.92 Å². The van der Waals surface area contributed by atoms with Crippen LogP contribution in [0.4, 0.5) is 0 Å². The van der Waals surface area contributed by atoms with E-state index in [4.69, 9.17) is 5.73 Å². The Bertz CT molecular complexity index is 335. The Morgan fingerprint density at radius 3 is 3.12 bits per heavy atom. The first-order valence-electron chi connectivity index (χ1n) is 6.28. The highest BCUT2D eigenvalue weighted by atomic mass is 15.2. The summed E-state index contributed by atoms with van der Waals surface area (Å²) < 4.78 is 0. The third kappa shape index (κ3) is 2.38. The molecule has 2 rings (SSSR count). The van der Waals surface area contributed by atoms with Gasteiger partial charge < -0.3 is 5.73 Å². The minimum atomic E-state index is 0.634.